The molecule has 0 bridgehead atoms. The Labute approximate surface area is 157 Å². The molecule has 0 aromatic heterocycles. The Balaban J connectivity index is 1.40. The summed E-state index contributed by atoms with van der Waals surface area (Å²) < 4.78 is 0. The maximum atomic E-state index is 12.3. The predicted octanol–water partition coefficient (Wildman–Crippen LogP) is 2.37. The van der Waals surface area contributed by atoms with Gasteiger partial charge in [-0.05, 0) is 29.2 Å². The molecule has 1 heterocycles. The van der Waals surface area contributed by atoms with Crippen molar-refractivity contribution in [2.24, 2.45) is 0 Å². The topological polar surface area (TPSA) is 86.7 Å². The standard InChI is InChI=1S/C21H22N2O4/c24-19(12-15-6-3-4-9-18(15)21(26)27)22-11-5-10-20(25)23-13-16-7-1-2-8-17(16)14-23/h1-4,6-9H,5,10-14H2,(H,22,24)(H,26,27). The minimum atomic E-state index is -1.05. The van der Waals surface area contributed by atoms with E-state index in [1.165, 1.54) is 17.2 Å². The molecule has 0 fully saturated rings. The lowest BCUT2D eigenvalue weighted by Crippen LogP contribution is -2.29. The molecule has 2 amide bonds. The smallest absolute Gasteiger partial charge is 0.335 e. The largest absolute Gasteiger partial charge is 0.478 e. The molecule has 0 saturated heterocycles. The molecule has 2 N–H and O–H groups in total. The Bertz CT molecular complexity index is 838. The van der Waals surface area contributed by atoms with Gasteiger partial charge in [-0.1, -0.05) is 42.5 Å². The van der Waals surface area contributed by atoms with Crippen molar-refractivity contribution in [2.75, 3.05) is 6.54 Å². The van der Waals surface area contributed by atoms with Crippen LogP contribution in [0.3, 0.4) is 0 Å². The number of nitrogens with one attached hydrogen (secondary N) is 1. The van der Waals surface area contributed by atoms with Gasteiger partial charge in [0.15, 0.2) is 0 Å². The molecule has 0 saturated carbocycles. The second-order valence-corrected chi connectivity index (χ2v) is 6.61. The second kappa shape index (κ2) is 8.49. The first kappa shape index (κ1) is 18.6. The summed E-state index contributed by atoms with van der Waals surface area (Å²) in [5.41, 5.74) is 3.00. The quantitative estimate of drug-likeness (QED) is 0.737. The van der Waals surface area contributed by atoms with Gasteiger partial charge < -0.3 is 15.3 Å². The van der Waals surface area contributed by atoms with E-state index in [9.17, 15) is 14.4 Å². The van der Waals surface area contributed by atoms with E-state index in [1.54, 1.807) is 18.2 Å². The van der Waals surface area contributed by atoms with Crippen molar-refractivity contribution >= 4 is 17.8 Å². The zero-order chi connectivity index (χ0) is 19.2. The number of benzene rings is 2. The van der Waals surface area contributed by atoms with E-state index < -0.39 is 5.97 Å². The van der Waals surface area contributed by atoms with Crippen LogP contribution in [-0.4, -0.2) is 34.3 Å². The Morgan fingerprint density at radius 3 is 2.26 bits per heavy atom. The van der Waals surface area contributed by atoms with E-state index in [4.69, 9.17) is 5.11 Å². The van der Waals surface area contributed by atoms with Crippen LogP contribution in [0, 0.1) is 0 Å². The number of rotatable bonds is 7. The lowest BCUT2D eigenvalue weighted by molar-refractivity contribution is -0.132. The lowest BCUT2D eigenvalue weighted by Gasteiger charge is -2.15. The molecule has 3 rings (SSSR count). The van der Waals surface area contributed by atoms with E-state index in [0.29, 0.717) is 38.0 Å². The number of carboxylic acids is 1. The summed E-state index contributed by atoms with van der Waals surface area (Å²) in [6, 6.07) is 14.5. The molecule has 0 radical (unpaired) electrons. The number of amides is 2. The summed E-state index contributed by atoms with van der Waals surface area (Å²) in [4.78, 5) is 37.4. The Hall–Kier alpha value is -3.15. The van der Waals surface area contributed by atoms with Gasteiger partial charge >= 0.3 is 5.97 Å². The van der Waals surface area contributed by atoms with Crippen molar-refractivity contribution in [3.8, 4) is 0 Å². The summed E-state index contributed by atoms with van der Waals surface area (Å²) in [7, 11) is 0. The average Bonchev–Trinajstić information content (AvgIpc) is 3.09. The minimum Gasteiger partial charge on any atom is -0.478 e. The summed E-state index contributed by atoms with van der Waals surface area (Å²) in [5, 5.41) is 11.9. The zero-order valence-electron chi connectivity index (χ0n) is 15.0. The molecule has 1 aliphatic heterocycles. The first-order valence-corrected chi connectivity index (χ1v) is 8.97. The van der Waals surface area contributed by atoms with Crippen molar-refractivity contribution in [3.05, 3.63) is 70.8 Å². The van der Waals surface area contributed by atoms with Crippen molar-refractivity contribution in [1.29, 1.82) is 0 Å². The summed E-state index contributed by atoms with van der Waals surface area (Å²) >= 11 is 0. The molecule has 0 spiro atoms. The SMILES string of the molecule is O=C(Cc1ccccc1C(=O)O)NCCCC(=O)N1Cc2ccccc2C1. The van der Waals surface area contributed by atoms with Gasteiger partial charge in [0.05, 0.1) is 12.0 Å². The molecular formula is C21H22N2O4. The fraction of sp³-hybridized carbons (Fsp3) is 0.286. The third kappa shape index (κ3) is 4.73. The molecule has 6 nitrogen and oxygen atoms in total. The van der Waals surface area contributed by atoms with Crippen LogP contribution in [-0.2, 0) is 29.1 Å². The number of nitrogens with zero attached hydrogens (tertiary/aromatic N) is 1. The molecule has 2 aromatic rings. The fourth-order valence-electron chi connectivity index (χ4n) is 3.25. The highest BCUT2D eigenvalue weighted by atomic mass is 16.4. The van der Waals surface area contributed by atoms with E-state index >= 15 is 0 Å². The van der Waals surface area contributed by atoms with Crippen LogP contribution >= 0.6 is 0 Å². The van der Waals surface area contributed by atoms with Crippen molar-refractivity contribution in [3.63, 3.8) is 0 Å². The van der Waals surface area contributed by atoms with Gasteiger partial charge in [0.1, 0.15) is 0 Å². The van der Waals surface area contributed by atoms with Gasteiger partial charge in [-0.15, -0.1) is 0 Å². The third-order valence-electron chi connectivity index (χ3n) is 4.68. The van der Waals surface area contributed by atoms with Gasteiger partial charge in [0.25, 0.3) is 0 Å². The van der Waals surface area contributed by atoms with Crippen LogP contribution in [0.25, 0.3) is 0 Å². The number of carbonyl (C=O) groups is 3. The van der Waals surface area contributed by atoms with Crippen molar-refractivity contribution in [1.82, 2.24) is 10.2 Å². The molecule has 140 valence electrons. The first-order chi connectivity index (χ1) is 13.0. The van der Waals surface area contributed by atoms with Crippen LogP contribution in [0.2, 0.25) is 0 Å². The van der Waals surface area contributed by atoms with Gasteiger partial charge in [0.2, 0.25) is 11.8 Å². The van der Waals surface area contributed by atoms with E-state index in [-0.39, 0.29) is 23.8 Å². The summed E-state index contributed by atoms with van der Waals surface area (Å²) in [6.07, 6.45) is 0.940. The number of aromatic carboxylic acids is 1. The number of hydrogen-bond donors (Lipinski definition) is 2. The Morgan fingerprint density at radius 2 is 1.59 bits per heavy atom. The zero-order valence-corrected chi connectivity index (χ0v) is 15.0. The van der Waals surface area contributed by atoms with Gasteiger partial charge in [-0.25, -0.2) is 4.79 Å². The van der Waals surface area contributed by atoms with Crippen LogP contribution in [0.4, 0.5) is 0 Å². The Morgan fingerprint density at radius 1 is 0.963 bits per heavy atom. The maximum absolute atomic E-state index is 12.3. The molecule has 0 aliphatic carbocycles. The highest BCUT2D eigenvalue weighted by Crippen LogP contribution is 2.22. The van der Waals surface area contributed by atoms with Crippen LogP contribution in [0.5, 0.6) is 0 Å². The molecule has 27 heavy (non-hydrogen) atoms. The fourth-order valence-corrected chi connectivity index (χ4v) is 3.25. The molecule has 1 aliphatic rings. The highest BCUT2D eigenvalue weighted by Gasteiger charge is 2.22. The summed E-state index contributed by atoms with van der Waals surface area (Å²) in [6.45, 7) is 1.68. The number of hydrogen-bond acceptors (Lipinski definition) is 3. The number of fused-ring (bicyclic) bond motifs is 1. The monoisotopic (exact) mass is 366 g/mol. The Kier molecular flexibility index (Phi) is 5.86. The number of carboxylic acid groups (broad SMARTS) is 1. The van der Waals surface area contributed by atoms with Crippen LogP contribution in [0.1, 0.15) is 39.9 Å². The second-order valence-electron chi connectivity index (χ2n) is 6.61. The van der Waals surface area contributed by atoms with E-state index in [1.807, 2.05) is 29.2 Å². The first-order valence-electron chi connectivity index (χ1n) is 8.97. The maximum Gasteiger partial charge on any atom is 0.335 e. The molecule has 2 aromatic carbocycles. The van der Waals surface area contributed by atoms with Crippen molar-refractivity contribution in [2.45, 2.75) is 32.4 Å². The molecule has 0 atom stereocenters. The predicted molar refractivity (Wildman–Crippen MR) is 100 cm³/mol. The van der Waals surface area contributed by atoms with Gasteiger partial charge in [-0.2, -0.15) is 0 Å². The minimum absolute atomic E-state index is 0.0118. The van der Waals surface area contributed by atoms with Crippen LogP contribution in [0.15, 0.2) is 48.5 Å². The molecule has 6 heteroatoms. The highest BCUT2D eigenvalue weighted by molar-refractivity contribution is 5.91. The third-order valence-corrected chi connectivity index (χ3v) is 4.68. The van der Waals surface area contributed by atoms with Crippen LogP contribution < -0.4 is 5.32 Å². The summed E-state index contributed by atoms with van der Waals surface area (Å²) in [5.74, 6) is -1.21. The van der Waals surface area contributed by atoms with Gasteiger partial charge in [-0.3, -0.25) is 9.59 Å². The normalized spacial score (nSPS) is 12.5. The van der Waals surface area contributed by atoms with Gasteiger partial charge in [0, 0.05) is 26.1 Å². The number of carbonyl (C=O) groups excluding carboxylic acids is 2. The van der Waals surface area contributed by atoms with E-state index in [0.717, 1.165) is 0 Å². The molecular weight excluding hydrogens is 344 g/mol. The average molecular weight is 366 g/mol. The molecule has 0 unspecified atom stereocenters. The lowest BCUT2D eigenvalue weighted by atomic mass is 10.0. The van der Waals surface area contributed by atoms with E-state index in [2.05, 4.69) is 5.32 Å². The van der Waals surface area contributed by atoms with Crippen molar-refractivity contribution < 1.29 is 19.5 Å².